The van der Waals surface area contributed by atoms with E-state index in [1.165, 1.54) is 23.5 Å². The van der Waals surface area contributed by atoms with E-state index < -0.39 is 5.03 Å². The number of hydrogen-bond donors (Lipinski definition) is 1. The summed E-state index contributed by atoms with van der Waals surface area (Å²) in [6, 6.07) is 0. The molecule has 1 heterocycles. The second-order valence-corrected chi connectivity index (χ2v) is 5.54. The van der Waals surface area contributed by atoms with Crippen LogP contribution in [0.4, 0.5) is 0 Å². The normalized spacial score (nSPS) is 11.1. The zero-order chi connectivity index (χ0) is 15.8. The molecule has 11 heteroatoms. The predicted molar refractivity (Wildman–Crippen MR) is 76.7 cm³/mol. The Kier molecular flexibility index (Phi) is 6.76. The predicted octanol–water partition coefficient (Wildman–Crippen LogP) is 1.42. The number of rotatable bonds is 6. The fraction of sp³-hybridized carbons (Fsp3) is 0.400. The van der Waals surface area contributed by atoms with Crippen LogP contribution in [0.25, 0.3) is 0 Å². The second-order valence-electron chi connectivity index (χ2n) is 3.84. The molecule has 0 fully saturated rings. The minimum absolute atomic E-state index is 0.120. The van der Waals surface area contributed by atoms with Crippen LogP contribution in [0, 0.1) is 10.1 Å². The van der Waals surface area contributed by atoms with Crippen molar-refractivity contribution < 1.29 is 14.7 Å². The summed E-state index contributed by atoms with van der Waals surface area (Å²) in [5.74, 6) is 1.18. The van der Waals surface area contributed by atoms with Crippen LogP contribution >= 0.6 is 22.9 Å². The number of nitrogens with one attached hydrogen (secondary N) is 1. The number of hydroxylamine groups is 2. The van der Waals surface area contributed by atoms with Gasteiger partial charge in [0.05, 0.1) is 18.8 Å². The van der Waals surface area contributed by atoms with Gasteiger partial charge in [0.2, 0.25) is 0 Å². The summed E-state index contributed by atoms with van der Waals surface area (Å²) in [4.78, 5) is 30.8. The molecule has 0 atom stereocenters. The number of aromatic nitrogens is 1. The summed E-state index contributed by atoms with van der Waals surface area (Å²) in [7, 11) is 0. The average Bonchev–Trinajstić information content (AvgIpc) is 2.78. The molecule has 0 aliphatic carbocycles. The Morgan fingerprint density at radius 3 is 3.00 bits per heavy atom. The lowest BCUT2D eigenvalue weighted by molar-refractivity contribution is -0.486. The lowest BCUT2D eigenvalue weighted by Gasteiger charge is -2.24. The lowest BCUT2D eigenvalue weighted by Crippen LogP contribution is -2.40. The molecule has 1 rings (SSSR count). The van der Waals surface area contributed by atoms with Gasteiger partial charge in [0.1, 0.15) is 11.0 Å². The van der Waals surface area contributed by atoms with E-state index in [2.05, 4.69) is 15.4 Å². The summed E-state index contributed by atoms with van der Waals surface area (Å²) in [6.45, 7) is 3.60. The Morgan fingerprint density at radius 2 is 2.52 bits per heavy atom. The third-order valence-corrected chi connectivity index (χ3v) is 2.94. The van der Waals surface area contributed by atoms with Crippen molar-refractivity contribution in [3.05, 3.63) is 31.9 Å². The molecule has 9 nitrogen and oxygen atoms in total. The lowest BCUT2D eigenvalue weighted by atomic mass is 10.5. The molecule has 0 saturated carbocycles. The molecule has 0 bridgehead atoms. The Labute approximate surface area is 129 Å². The van der Waals surface area contributed by atoms with E-state index in [0.29, 0.717) is 9.34 Å². The van der Waals surface area contributed by atoms with Crippen LogP contribution in [-0.2, 0) is 16.2 Å². The van der Waals surface area contributed by atoms with Crippen molar-refractivity contribution >= 4 is 34.8 Å². The van der Waals surface area contributed by atoms with Crippen molar-refractivity contribution in [2.24, 2.45) is 5.10 Å². The first kappa shape index (κ1) is 17.1. The number of nitro groups is 1. The zero-order valence-corrected chi connectivity index (χ0v) is 12.7. The van der Waals surface area contributed by atoms with Gasteiger partial charge in [0.15, 0.2) is 9.50 Å². The average molecular weight is 334 g/mol. The zero-order valence-electron chi connectivity index (χ0n) is 11.1. The number of carbonyl (C=O) groups excluding carboxylic acids is 1. The monoisotopic (exact) mass is 333 g/mol. The maximum atomic E-state index is 10.6. The van der Waals surface area contributed by atoms with Crippen molar-refractivity contribution in [2.45, 2.75) is 26.5 Å². The first-order valence-electron chi connectivity index (χ1n) is 5.65. The van der Waals surface area contributed by atoms with Crippen LogP contribution in [0.3, 0.4) is 0 Å². The number of hydrazone groups is 1. The topological polar surface area (TPSA) is 110 Å². The highest BCUT2D eigenvalue weighted by molar-refractivity contribution is 7.15. The highest BCUT2D eigenvalue weighted by atomic mass is 35.5. The molecule has 1 N–H and O–H groups in total. The molecule has 0 amide bonds. The quantitative estimate of drug-likeness (QED) is 0.275. The van der Waals surface area contributed by atoms with Gasteiger partial charge < -0.3 is 5.32 Å². The molecule has 0 unspecified atom stereocenters. The van der Waals surface area contributed by atoms with Crippen molar-refractivity contribution in [3.63, 3.8) is 0 Å². The Hall–Kier alpha value is -2.00. The maximum Gasteiger partial charge on any atom is 0.300 e. The maximum absolute atomic E-state index is 10.6. The van der Waals surface area contributed by atoms with Crippen molar-refractivity contribution in [1.82, 2.24) is 15.4 Å². The summed E-state index contributed by atoms with van der Waals surface area (Å²) >= 11 is 6.93. The van der Waals surface area contributed by atoms with Gasteiger partial charge in [0, 0.05) is 11.1 Å². The second kappa shape index (κ2) is 8.32. The molecule has 114 valence electrons. The molecule has 0 aliphatic rings. The number of thiazole rings is 1. The fourth-order valence-electron chi connectivity index (χ4n) is 1.24. The number of halogens is 1. The largest absolute Gasteiger partial charge is 0.316 e. The number of hydrogen-bond acceptors (Lipinski definition) is 6. The van der Waals surface area contributed by atoms with E-state index in [-0.39, 0.29) is 18.6 Å². The Balaban J connectivity index is 3.00. The smallest absolute Gasteiger partial charge is 0.300 e. The number of nitrogens with zero attached hydrogens (tertiary/aromatic N) is 4. The van der Waals surface area contributed by atoms with Gasteiger partial charge in [-0.15, -0.1) is 11.3 Å². The summed E-state index contributed by atoms with van der Waals surface area (Å²) in [5.41, 5.74) is 0. The van der Waals surface area contributed by atoms with Gasteiger partial charge in [-0.2, -0.15) is 0 Å². The number of guanidine groups is 1. The minimum atomic E-state index is -0.905. The van der Waals surface area contributed by atoms with Crippen molar-refractivity contribution in [3.8, 4) is 0 Å². The molecule has 0 aromatic carbocycles. The van der Waals surface area contributed by atoms with E-state index in [4.69, 9.17) is 16.4 Å². The SMILES string of the molecule is CC(C)ON(Cc1cnc(Cl)s1)C(=N[N+](=O)[O-])NC=C=O. The molecule has 1 aromatic heterocycles. The summed E-state index contributed by atoms with van der Waals surface area (Å²) in [6.07, 6.45) is 2.09. The first-order chi connectivity index (χ1) is 9.92. The molecule has 1 aromatic rings. The van der Waals surface area contributed by atoms with Crippen LogP contribution < -0.4 is 5.32 Å². The highest BCUT2D eigenvalue weighted by Gasteiger charge is 2.19. The Morgan fingerprint density at radius 1 is 1.81 bits per heavy atom. The standard InChI is InChI=1S/C10H12ClN5O4S/c1-7(2)20-15(6-8-5-13-9(11)21-8)10(12-3-4-17)14-16(18)19/h3,5,7H,6H2,1-2H3,(H,12,14). The van der Waals surface area contributed by atoms with Gasteiger partial charge in [-0.25, -0.2) is 25.0 Å². The van der Waals surface area contributed by atoms with Gasteiger partial charge >= 0.3 is 0 Å². The third-order valence-electron chi connectivity index (χ3n) is 1.84. The van der Waals surface area contributed by atoms with E-state index in [1.54, 1.807) is 13.8 Å². The summed E-state index contributed by atoms with van der Waals surface area (Å²) in [5, 5.41) is 16.3. The molecule has 0 radical (unpaired) electrons. The molecule has 0 saturated heterocycles. The fourth-order valence-corrected chi connectivity index (χ4v) is 2.19. The van der Waals surface area contributed by atoms with Crippen molar-refractivity contribution in [1.29, 1.82) is 0 Å². The molecule has 0 aliphatic heterocycles. The Bertz CT molecular complexity index is 570. The van der Waals surface area contributed by atoms with Gasteiger partial charge in [0.25, 0.3) is 5.96 Å². The molecular formula is C10H12ClN5O4S. The van der Waals surface area contributed by atoms with Gasteiger partial charge in [-0.05, 0) is 13.8 Å². The molecule has 21 heavy (non-hydrogen) atoms. The van der Waals surface area contributed by atoms with E-state index >= 15 is 0 Å². The van der Waals surface area contributed by atoms with Gasteiger partial charge in [-0.1, -0.05) is 11.6 Å². The van der Waals surface area contributed by atoms with E-state index in [1.807, 2.05) is 0 Å². The van der Waals surface area contributed by atoms with Crippen molar-refractivity contribution in [2.75, 3.05) is 0 Å². The van der Waals surface area contributed by atoms with E-state index in [0.717, 1.165) is 11.3 Å². The first-order valence-corrected chi connectivity index (χ1v) is 6.85. The van der Waals surface area contributed by atoms with Crippen LogP contribution in [0.5, 0.6) is 0 Å². The molecule has 0 spiro atoms. The van der Waals surface area contributed by atoms with Crippen LogP contribution in [-0.4, -0.2) is 33.1 Å². The highest BCUT2D eigenvalue weighted by Crippen LogP contribution is 2.20. The molecular weight excluding hydrogens is 322 g/mol. The van der Waals surface area contributed by atoms with Crippen LogP contribution in [0.1, 0.15) is 18.7 Å². The van der Waals surface area contributed by atoms with Gasteiger partial charge in [-0.3, -0.25) is 4.84 Å². The van der Waals surface area contributed by atoms with Crippen LogP contribution in [0.15, 0.2) is 17.5 Å². The van der Waals surface area contributed by atoms with E-state index in [9.17, 15) is 14.9 Å². The summed E-state index contributed by atoms with van der Waals surface area (Å²) < 4.78 is 0.336. The third kappa shape index (κ3) is 6.32. The van der Waals surface area contributed by atoms with Crippen LogP contribution in [0.2, 0.25) is 4.47 Å². The minimum Gasteiger partial charge on any atom is -0.316 e.